The summed E-state index contributed by atoms with van der Waals surface area (Å²) in [4.78, 5) is 64.8. The molecule has 0 aliphatic heterocycles. The highest BCUT2D eigenvalue weighted by Gasteiger charge is 2.37. The van der Waals surface area contributed by atoms with Crippen molar-refractivity contribution in [1.29, 1.82) is 0 Å². The number of carboxylic acids is 1. The zero-order chi connectivity index (χ0) is 38.0. The van der Waals surface area contributed by atoms with Crippen LogP contribution in [0.1, 0.15) is 36.0 Å². The van der Waals surface area contributed by atoms with Crippen molar-refractivity contribution < 1.29 is 51.8 Å². The molecule has 1 saturated carbocycles. The highest BCUT2D eigenvalue weighted by atomic mass is 35.5. The highest BCUT2D eigenvalue weighted by molar-refractivity contribution is 7.90. The Balaban J connectivity index is 0.000000273. The molecule has 4 rings (SSSR count). The van der Waals surface area contributed by atoms with Crippen LogP contribution >= 0.6 is 30.6 Å². The van der Waals surface area contributed by atoms with Gasteiger partial charge >= 0.3 is 5.97 Å². The second-order valence-electron chi connectivity index (χ2n) is 11.0. The largest absolute Gasteiger partial charge is 0.480 e. The summed E-state index contributed by atoms with van der Waals surface area (Å²) in [5.41, 5.74) is 10.3. The first-order chi connectivity index (χ1) is 23.1. The van der Waals surface area contributed by atoms with E-state index in [2.05, 4.69) is 0 Å². The number of nitro benzene ring substituents is 1. The zero-order valence-corrected chi connectivity index (χ0v) is 29.9. The molecule has 3 aromatic carbocycles. The van der Waals surface area contributed by atoms with Crippen molar-refractivity contribution in [2.24, 2.45) is 11.7 Å². The maximum Gasteiger partial charge on any atom is 0.320 e. The Labute approximate surface area is 297 Å². The Bertz CT molecular complexity index is 1900. The van der Waals surface area contributed by atoms with E-state index in [9.17, 15) is 42.3 Å². The number of rotatable bonds is 10. The number of ether oxygens (including phenoxy) is 1. The van der Waals surface area contributed by atoms with Crippen LogP contribution < -0.4 is 16.2 Å². The number of carbonyl (C=O) groups is 4. The monoisotopic (exact) mass is 773 g/mol. The number of benzene rings is 3. The third kappa shape index (κ3) is 12.6. The van der Waals surface area contributed by atoms with E-state index in [1.807, 2.05) is 6.07 Å². The van der Waals surface area contributed by atoms with Crippen LogP contribution in [0.25, 0.3) is 0 Å². The van der Waals surface area contributed by atoms with Gasteiger partial charge in [-0.1, -0.05) is 41.4 Å². The van der Waals surface area contributed by atoms with Gasteiger partial charge in [0.05, 0.1) is 14.8 Å². The minimum absolute atomic E-state index is 0.00216. The molecule has 3 aromatic rings. The number of halogens is 2. The first kappa shape index (κ1) is 42.0. The molecule has 6 N–H and O–H groups in total. The summed E-state index contributed by atoms with van der Waals surface area (Å²) in [5.74, 6) is -3.05. The van der Waals surface area contributed by atoms with Crippen LogP contribution in [0.2, 0.25) is 10.0 Å². The molecule has 0 bridgehead atoms. The quantitative estimate of drug-likeness (QED) is 0.0517. The van der Waals surface area contributed by atoms with Gasteiger partial charge in [0.2, 0.25) is 0 Å². The van der Waals surface area contributed by atoms with Crippen LogP contribution in [0.15, 0.2) is 65.6 Å². The van der Waals surface area contributed by atoms with E-state index < -0.39 is 57.4 Å². The Morgan fingerprint density at radius 1 is 1.08 bits per heavy atom. The van der Waals surface area contributed by atoms with Gasteiger partial charge in [-0.25, -0.2) is 8.42 Å². The molecule has 50 heavy (non-hydrogen) atoms. The molecular formula is C31H34Cl2N3O12PS. The number of anilines is 1. The average Bonchev–Trinajstić information content (AvgIpc) is 3.02. The Morgan fingerprint density at radius 3 is 2.14 bits per heavy atom. The molecule has 0 amide bonds. The third-order valence-electron chi connectivity index (χ3n) is 6.85. The predicted octanol–water partition coefficient (Wildman–Crippen LogP) is 5.18. The molecule has 15 nitrogen and oxygen atoms in total. The van der Waals surface area contributed by atoms with Crippen molar-refractivity contribution in [3.63, 3.8) is 0 Å². The first-order valence-electron chi connectivity index (χ1n) is 14.5. The van der Waals surface area contributed by atoms with Gasteiger partial charge < -0.3 is 26.2 Å². The van der Waals surface area contributed by atoms with Gasteiger partial charge in [-0.15, -0.1) is 0 Å². The number of carboxylic acid groups (broad SMARTS) is 1. The van der Waals surface area contributed by atoms with E-state index in [1.54, 1.807) is 24.3 Å². The predicted molar refractivity (Wildman–Crippen MR) is 186 cm³/mol. The van der Waals surface area contributed by atoms with E-state index in [0.29, 0.717) is 12.2 Å². The minimum Gasteiger partial charge on any atom is -0.480 e. The fourth-order valence-electron chi connectivity index (χ4n) is 4.20. The summed E-state index contributed by atoms with van der Waals surface area (Å²) in [7, 11) is -6.55. The smallest absolute Gasteiger partial charge is 0.320 e. The number of carbonyl (C=O) groups excluding carboxylic acids is 3. The number of ketones is 3. The minimum atomic E-state index is -3.44. The number of sulfone groups is 1. The third-order valence-corrected chi connectivity index (χ3v) is 9.75. The summed E-state index contributed by atoms with van der Waals surface area (Å²) < 4.78 is 39.0. The Hall–Kier alpha value is -4.18. The number of nitrogens with two attached hydrogens (primary N) is 2. The Morgan fingerprint density at radius 2 is 1.66 bits per heavy atom. The van der Waals surface area contributed by atoms with Crippen LogP contribution in [-0.4, -0.2) is 71.8 Å². The zero-order valence-electron chi connectivity index (χ0n) is 26.7. The summed E-state index contributed by atoms with van der Waals surface area (Å²) in [5, 5.41) is 18.9. The van der Waals surface area contributed by atoms with E-state index in [4.69, 9.17) is 49.4 Å². The lowest BCUT2D eigenvalue weighted by atomic mass is 9.82. The molecule has 0 heterocycles. The number of nitrogens with zero attached hydrogens (tertiary/aromatic N) is 1. The molecular weight excluding hydrogens is 740 g/mol. The fraction of sp³-hybridized carbons (Fsp3) is 0.290. The van der Waals surface area contributed by atoms with Crippen LogP contribution in [0.5, 0.6) is 11.5 Å². The second-order valence-corrected chi connectivity index (χ2v) is 16.3. The van der Waals surface area contributed by atoms with Gasteiger partial charge in [0.15, 0.2) is 34.6 Å². The van der Waals surface area contributed by atoms with Crippen LogP contribution in [0.4, 0.5) is 11.4 Å². The molecule has 1 aliphatic carbocycles. The van der Waals surface area contributed by atoms with Crippen molar-refractivity contribution in [2.75, 3.05) is 24.8 Å². The summed E-state index contributed by atoms with van der Waals surface area (Å²) in [6.07, 6.45) is 1.87. The standard InChI is InChI=1S/C14H13ClO5S.C12H9ClN2O3.C5H12NO4P/c1-21(19,20)8-5-6-9(10(15)7-8)14(18)13-11(16)3-2-4-12(13)17;13-11-10(18-8-4-2-1-3-5-8)7-6-9(12(11)14)15(16)17;1-11(9,10)3-2-4(6)5(7)8/h5-7,13H,2-4H2,1H3;1-7H,14H2;4H,2-3,6H2,1H3,(H,7,8)(H,9,10). The number of Topliss-reactive ketones (excluding diaryl/α,β-unsaturated/α-hetero) is 3. The van der Waals surface area contributed by atoms with Gasteiger partial charge in [-0.3, -0.25) is 33.9 Å². The van der Waals surface area contributed by atoms with Crippen molar-refractivity contribution in [2.45, 2.75) is 36.6 Å². The number of nitrogen functional groups attached to an aromatic ring is 1. The second kappa shape index (κ2) is 18.2. The topological polar surface area (TPSA) is 264 Å². The molecule has 1 fully saturated rings. The van der Waals surface area contributed by atoms with Crippen molar-refractivity contribution in [1.82, 2.24) is 0 Å². The van der Waals surface area contributed by atoms with E-state index in [-0.39, 0.29) is 63.1 Å². The lowest BCUT2D eigenvalue weighted by Gasteiger charge is -2.18. The summed E-state index contributed by atoms with van der Waals surface area (Å²) in [6.45, 7) is 1.18. The molecule has 2 atom stereocenters. The summed E-state index contributed by atoms with van der Waals surface area (Å²) >= 11 is 11.9. The van der Waals surface area contributed by atoms with E-state index in [0.717, 1.165) is 12.3 Å². The average molecular weight is 775 g/mol. The highest BCUT2D eigenvalue weighted by Crippen LogP contribution is 2.39. The van der Waals surface area contributed by atoms with E-state index in [1.165, 1.54) is 30.9 Å². The number of hydrogen-bond acceptors (Lipinski definition) is 12. The Kier molecular flexibility index (Phi) is 15.3. The molecule has 270 valence electrons. The van der Waals surface area contributed by atoms with Crippen LogP contribution in [0, 0.1) is 16.0 Å². The maximum atomic E-state index is 12.3. The molecule has 0 aromatic heterocycles. The first-order valence-corrected chi connectivity index (χ1v) is 19.4. The van der Waals surface area contributed by atoms with Gasteiger partial charge in [0.1, 0.15) is 34.2 Å². The lowest BCUT2D eigenvalue weighted by molar-refractivity contribution is -0.383. The number of aliphatic carboxylic acids is 1. The van der Waals surface area contributed by atoms with Crippen molar-refractivity contribution in [3.05, 3.63) is 86.4 Å². The normalized spacial score (nSPS) is 14.9. The van der Waals surface area contributed by atoms with Crippen LogP contribution in [-0.2, 0) is 28.8 Å². The van der Waals surface area contributed by atoms with Gasteiger partial charge in [0.25, 0.3) is 5.69 Å². The molecule has 0 saturated heterocycles. The maximum absolute atomic E-state index is 12.3. The molecule has 2 unspecified atom stereocenters. The molecule has 1 aliphatic rings. The fourth-order valence-corrected chi connectivity index (χ4v) is 6.14. The molecule has 0 radical (unpaired) electrons. The SMILES string of the molecule is CP(=O)(O)CCC(N)C(=O)O.CS(=O)(=O)c1ccc(C(=O)C2C(=O)CCCC2=O)c(Cl)c1.Nc1c([N+](=O)[O-])ccc(Oc2ccccc2)c1Cl. The van der Waals surface area contributed by atoms with Gasteiger partial charge in [-0.05, 0) is 49.2 Å². The van der Waals surface area contributed by atoms with Crippen molar-refractivity contribution in [3.8, 4) is 11.5 Å². The van der Waals surface area contributed by atoms with E-state index >= 15 is 0 Å². The number of para-hydroxylation sites is 1. The summed E-state index contributed by atoms with van der Waals surface area (Å²) in [6, 6.07) is 14.2. The number of nitro groups is 1. The lowest BCUT2D eigenvalue weighted by Crippen LogP contribution is -2.35. The van der Waals surface area contributed by atoms with Gasteiger partial charge in [-0.2, -0.15) is 0 Å². The van der Waals surface area contributed by atoms with Crippen molar-refractivity contribution >= 4 is 75.1 Å². The number of hydrogen-bond donors (Lipinski definition) is 4. The van der Waals surface area contributed by atoms with Gasteiger partial charge in [0, 0.05) is 43.6 Å². The molecule has 19 heteroatoms. The van der Waals surface area contributed by atoms with Crippen LogP contribution in [0.3, 0.4) is 0 Å². The molecule has 0 spiro atoms.